The van der Waals surface area contributed by atoms with E-state index in [1.165, 1.54) is 0 Å². The Bertz CT molecular complexity index is 507. The van der Waals surface area contributed by atoms with Crippen LogP contribution in [0.15, 0.2) is 24.3 Å². The molecule has 0 saturated heterocycles. The average Bonchev–Trinajstić information content (AvgIpc) is 2.44. The van der Waals surface area contributed by atoms with E-state index in [1.807, 2.05) is 25.1 Å². The van der Waals surface area contributed by atoms with Crippen molar-refractivity contribution in [3.63, 3.8) is 0 Å². The molecule has 1 aromatic rings. The fourth-order valence-corrected chi connectivity index (χ4v) is 2.60. The van der Waals surface area contributed by atoms with Gasteiger partial charge in [-0.05, 0) is 19.1 Å². The van der Waals surface area contributed by atoms with Crippen LogP contribution >= 0.6 is 23.2 Å². The number of rotatable bonds is 2. The highest BCUT2D eigenvalue weighted by molar-refractivity contribution is 6.31. The molecule has 1 atom stereocenters. The van der Waals surface area contributed by atoms with Crippen molar-refractivity contribution < 1.29 is 9.59 Å². The van der Waals surface area contributed by atoms with E-state index in [0.29, 0.717) is 17.9 Å². The molecule has 1 aliphatic rings. The third kappa shape index (κ3) is 2.55. The Hall–Kier alpha value is -1.26. The zero-order valence-electron chi connectivity index (χ0n) is 10.5. The van der Waals surface area contributed by atoms with E-state index >= 15 is 0 Å². The number of halogens is 2. The molecule has 1 unspecified atom stereocenters. The molecule has 2 rings (SSSR count). The normalized spacial score (nSPS) is 18.2. The summed E-state index contributed by atoms with van der Waals surface area (Å²) >= 11 is 11.3. The monoisotopic (exact) mass is 300 g/mol. The fourth-order valence-electron chi connectivity index (χ4n) is 2.33. The van der Waals surface area contributed by atoms with Crippen LogP contribution in [0, 0.1) is 0 Å². The van der Waals surface area contributed by atoms with Crippen molar-refractivity contribution in [1.82, 2.24) is 0 Å². The van der Waals surface area contributed by atoms with Crippen molar-refractivity contribution in [3.05, 3.63) is 24.3 Å². The Morgan fingerprint density at radius 1 is 1.16 bits per heavy atom. The number of hydrogen-bond donors (Lipinski definition) is 0. The van der Waals surface area contributed by atoms with Crippen molar-refractivity contribution in [1.29, 1.82) is 0 Å². The van der Waals surface area contributed by atoms with Crippen molar-refractivity contribution in [2.24, 2.45) is 0 Å². The van der Waals surface area contributed by atoms with Crippen LogP contribution in [0.3, 0.4) is 0 Å². The van der Waals surface area contributed by atoms with E-state index in [0.717, 1.165) is 0 Å². The summed E-state index contributed by atoms with van der Waals surface area (Å²) in [5.41, 5.74) is 1.40. The van der Waals surface area contributed by atoms with Crippen LogP contribution in [0.2, 0.25) is 0 Å². The van der Waals surface area contributed by atoms with Crippen LogP contribution in [0.4, 0.5) is 11.4 Å². The summed E-state index contributed by atoms with van der Waals surface area (Å²) in [7, 11) is 0. The Labute approximate surface area is 121 Å². The van der Waals surface area contributed by atoms with Gasteiger partial charge in [0.05, 0.1) is 17.4 Å². The Morgan fingerprint density at radius 2 is 1.74 bits per heavy atom. The van der Waals surface area contributed by atoms with E-state index in [1.54, 1.807) is 15.9 Å². The van der Waals surface area contributed by atoms with Crippen molar-refractivity contribution in [2.45, 2.75) is 13.0 Å². The summed E-state index contributed by atoms with van der Waals surface area (Å²) in [6, 6.07) is 7.14. The van der Waals surface area contributed by atoms with Gasteiger partial charge >= 0.3 is 0 Å². The zero-order chi connectivity index (χ0) is 14.0. The van der Waals surface area contributed by atoms with Crippen LogP contribution < -0.4 is 9.80 Å². The molecule has 0 spiro atoms. The number of anilines is 2. The summed E-state index contributed by atoms with van der Waals surface area (Å²) < 4.78 is 0. The summed E-state index contributed by atoms with van der Waals surface area (Å²) in [5.74, 6) is -0.495. The highest BCUT2D eigenvalue weighted by Crippen LogP contribution is 2.35. The molecule has 2 amide bonds. The molecule has 0 N–H and O–H groups in total. The summed E-state index contributed by atoms with van der Waals surface area (Å²) in [4.78, 5) is 27.1. The molecule has 0 bridgehead atoms. The molecular weight excluding hydrogens is 287 g/mol. The lowest BCUT2D eigenvalue weighted by Crippen LogP contribution is -2.52. The molecule has 1 heterocycles. The van der Waals surface area contributed by atoms with E-state index in [2.05, 4.69) is 0 Å². The van der Waals surface area contributed by atoms with E-state index in [4.69, 9.17) is 23.2 Å². The first-order chi connectivity index (χ1) is 9.10. The van der Waals surface area contributed by atoms with Gasteiger partial charge in [-0.1, -0.05) is 12.1 Å². The molecule has 4 nitrogen and oxygen atoms in total. The number of nitrogens with zero attached hydrogens (tertiary/aromatic N) is 2. The van der Waals surface area contributed by atoms with E-state index in [-0.39, 0.29) is 29.6 Å². The second-order valence-electron chi connectivity index (χ2n) is 4.37. The van der Waals surface area contributed by atoms with Crippen LogP contribution in [-0.4, -0.2) is 36.2 Å². The Kier molecular flexibility index (Phi) is 4.32. The Morgan fingerprint density at radius 3 is 2.32 bits per heavy atom. The number of benzene rings is 1. The summed E-state index contributed by atoms with van der Waals surface area (Å²) in [5, 5.41) is 0. The number of carbonyl (C=O) groups excluding carboxylic acids is 2. The maximum Gasteiger partial charge on any atom is 0.242 e. The smallest absolute Gasteiger partial charge is 0.242 e. The topological polar surface area (TPSA) is 40.6 Å². The second-order valence-corrected chi connectivity index (χ2v) is 4.91. The summed E-state index contributed by atoms with van der Waals surface area (Å²) in [6.07, 6.45) is 0. The lowest BCUT2D eigenvalue weighted by Gasteiger charge is -2.40. The quantitative estimate of drug-likeness (QED) is 0.786. The highest BCUT2D eigenvalue weighted by Gasteiger charge is 2.33. The summed E-state index contributed by atoms with van der Waals surface area (Å²) in [6.45, 7) is 2.31. The standard InChI is InChI=1S/C13H14Cl2N2O2/c1-9-8-16(12(18)6-14)10-4-2-3-5-11(10)17(9)13(19)7-15/h2-5,9H,6-8H2,1H3. The third-order valence-corrected chi connectivity index (χ3v) is 3.58. The van der Waals surface area contributed by atoms with Gasteiger partial charge in [0.1, 0.15) is 11.8 Å². The van der Waals surface area contributed by atoms with Crippen LogP contribution in [0.1, 0.15) is 6.92 Å². The maximum atomic E-state index is 12.0. The Balaban J connectivity index is 2.48. The van der Waals surface area contributed by atoms with Gasteiger partial charge in [-0.3, -0.25) is 9.59 Å². The number of fused-ring (bicyclic) bond motifs is 1. The molecule has 0 saturated carbocycles. The second kappa shape index (κ2) is 5.80. The number of alkyl halides is 2. The third-order valence-electron chi connectivity index (χ3n) is 3.12. The van der Waals surface area contributed by atoms with Gasteiger partial charge in [0, 0.05) is 6.54 Å². The van der Waals surface area contributed by atoms with Crippen LogP contribution in [0.25, 0.3) is 0 Å². The largest absolute Gasteiger partial charge is 0.307 e. The lowest BCUT2D eigenvalue weighted by molar-refractivity contribution is -0.118. The molecular formula is C13H14Cl2N2O2. The molecule has 0 radical (unpaired) electrons. The van der Waals surface area contributed by atoms with Gasteiger partial charge < -0.3 is 9.80 Å². The van der Waals surface area contributed by atoms with Crippen molar-refractivity contribution in [2.75, 3.05) is 28.1 Å². The first-order valence-corrected chi connectivity index (χ1v) is 7.00. The fraction of sp³-hybridized carbons (Fsp3) is 0.385. The number of carbonyl (C=O) groups is 2. The van der Waals surface area contributed by atoms with Crippen LogP contribution in [-0.2, 0) is 9.59 Å². The van der Waals surface area contributed by atoms with Gasteiger partial charge in [-0.15, -0.1) is 23.2 Å². The predicted octanol–water partition coefficient (Wildman–Crippen LogP) is 2.23. The van der Waals surface area contributed by atoms with Gasteiger partial charge in [-0.25, -0.2) is 0 Å². The minimum Gasteiger partial charge on any atom is -0.307 e. The van der Waals surface area contributed by atoms with Gasteiger partial charge in [0.2, 0.25) is 11.8 Å². The average molecular weight is 301 g/mol. The highest BCUT2D eigenvalue weighted by atomic mass is 35.5. The van der Waals surface area contributed by atoms with Gasteiger partial charge in [-0.2, -0.15) is 0 Å². The van der Waals surface area contributed by atoms with E-state index in [9.17, 15) is 9.59 Å². The van der Waals surface area contributed by atoms with Gasteiger partial charge in [0.25, 0.3) is 0 Å². The molecule has 0 aromatic heterocycles. The molecule has 1 aromatic carbocycles. The number of para-hydroxylation sites is 2. The molecule has 19 heavy (non-hydrogen) atoms. The first-order valence-electron chi connectivity index (χ1n) is 5.93. The molecule has 6 heteroatoms. The minimum atomic E-state index is -0.168. The van der Waals surface area contributed by atoms with E-state index < -0.39 is 0 Å². The number of hydrogen-bond acceptors (Lipinski definition) is 2. The molecule has 0 aliphatic carbocycles. The first kappa shape index (κ1) is 14.2. The van der Waals surface area contributed by atoms with Crippen LogP contribution in [0.5, 0.6) is 0 Å². The van der Waals surface area contributed by atoms with Crippen molar-refractivity contribution >= 4 is 46.4 Å². The maximum absolute atomic E-state index is 12.0. The molecule has 1 aliphatic heterocycles. The number of amides is 2. The lowest BCUT2D eigenvalue weighted by atomic mass is 10.1. The molecule has 0 fully saturated rings. The predicted molar refractivity (Wildman–Crippen MR) is 77.2 cm³/mol. The van der Waals surface area contributed by atoms with Crippen molar-refractivity contribution in [3.8, 4) is 0 Å². The minimum absolute atomic E-state index is 0.0789. The molecule has 102 valence electrons. The SMILES string of the molecule is CC1CN(C(=O)CCl)c2ccccc2N1C(=O)CCl. The van der Waals surface area contributed by atoms with Gasteiger partial charge in [0.15, 0.2) is 0 Å². The zero-order valence-corrected chi connectivity index (χ0v) is 12.0.